The van der Waals surface area contributed by atoms with Crippen molar-refractivity contribution >= 4 is 15.9 Å². The van der Waals surface area contributed by atoms with Gasteiger partial charge in [0.15, 0.2) is 4.60 Å². The summed E-state index contributed by atoms with van der Waals surface area (Å²) in [5, 5.41) is 17.3. The van der Waals surface area contributed by atoms with Crippen LogP contribution in [0.3, 0.4) is 0 Å². The van der Waals surface area contributed by atoms with Crippen LogP contribution in [0.5, 0.6) is 0 Å². The number of halogens is 1. The average molecular weight is 218 g/mol. The van der Waals surface area contributed by atoms with Crippen LogP contribution in [-0.2, 0) is 12.6 Å². The second kappa shape index (κ2) is 2.04. The number of aliphatic hydroxyl groups is 1. The highest BCUT2D eigenvalue weighted by atomic mass is 79.9. The highest BCUT2D eigenvalue weighted by molar-refractivity contribution is 9.10. The summed E-state index contributed by atoms with van der Waals surface area (Å²) < 4.78 is 2.26. The Labute approximate surface area is 72.3 Å². The van der Waals surface area contributed by atoms with Gasteiger partial charge < -0.3 is 5.11 Å². The van der Waals surface area contributed by atoms with Crippen molar-refractivity contribution in [1.82, 2.24) is 15.0 Å². The van der Waals surface area contributed by atoms with Crippen LogP contribution >= 0.6 is 15.9 Å². The number of hydrogen-bond donors (Lipinski definition) is 1. The van der Waals surface area contributed by atoms with Gasteiger partial charge in [-0.15, -0.1) is 5.10 Å². The minimum absolute atomic E-state index is 0.653. The minimum Gasteiger partial charge on any atom is -0.383 e. The Balaban J connectivity index is 2.50. The third kappa shape index (κ3) is 0.990. The zero-order valence-corrected chi connectivity index (χ0v) is 7.67. The molecule has 1 aliphatic rings. The summed E-state index contributed by atoms with van der Waals surface area (Å²) >= 11 is 3.24. The summed E-state index contributed by atoms with van der Waals surface area (Å²) in [7, 11) is 1.78. The van der Waals surface area contributed by atoms with Gasteiger partial charge in [0.05, 0.1) is 0 Å². The van der Waals surface area contributed by atoms with E-state index in [9.17, 15) is 5.11 Å². The van der Waals surface area contributed by atoms with Crippen molar-refractivity contribution in [2.45, 2.75) is 18.4 Å². The lowest BCUT2D eigenvalue weighted by molar-refractivity contribution is 0.140. The van der Waals surface area contributed by atoms with Crippen molar-refractivity contribution in [3.05, 3.63) is 10.3 Å². The van der Waals surface area contributed by atoms with Crippen LogP contribution in [0.15, 0.2) is 4.60 Å². The van der Waals surface area contributed by atoms with Gasteiger partial charge >= 0.3 is 0 Å². The molecule has 0 unspecified atom stereocenters. The highest BCUT2D eigenvalue weighted by Gasteiger charge is 2.46. The van der Waals surface area contributed by atoms with Crippen LogP contribution in [0.2, 0.25) is 0 Å². The average Bonchev–Trinajstić information content (AvgIpc) is 2.56. The Kier molecular flexibility index (Phi) is 1.34. The molecule has 11 heavy (non-hydrogen) atoms. The maximum Gasteiger partial charge on any atom is 0.154 e. The predicted molar refractivity (Wildman–Crippen MR) is 41.8 cm³/mol. The summed E-state index contributed by atoms with van der Waals surface area (Å²) in [6.07, 6.45) is 1.62. The van der Waals surface area contributed by atoms with Gasteiger partial charge in [-0.3, -0.25) is 0 Å². The molecule has 0 radical (unpaired) electrons. The van der Waals surface area contributed by atoms with E-state index in [1.807, 2.05) is 0 Å². The molecule has 1 N–H and O–H groups in total. The van der Waals surface area contributed by atoms with Crippen LogP contribution in [0.4, 0.5) is 0 Å². The molecule has 0 spiro atoms. The molecule has 1 aromatic heterocycles. The molecule has 0 aliphatic heterocycles. The molecular formula is C6H8BrN3O. The van der Waals surface area contributed by atoms with E-state index in [0.29, 0.717) is 4.60 Å². The Morgan fingerprint density at radius 2 is 2.27 bits per heavy atom. The fourth-order valence-corrected chi connectivity index (χ4v) is 1.88. The summed E-state index contributed by atoms with van der Waals surface area (Å²) in [5.74, 6) is 0. The van der Waals surface area contributed by atoms with Crippen molar-refractivity contribution in [2.75, 3.05) is 0 Å². The molecular weight excluding hydrogens is 210 g/mol. The molecule has 0 bridgehead atoms. The monoisotopic (exact) mass is 217 g/mol. The van der Waals surface area contributed by atoms with E-state index in [4.69, 9.17) is 0 Å². The van der Waals surface area contributed by atoms with Crippen LogP contribution < -0.4 is 0 Å². The van der Waals surface area contributed by atoms with Gasteiger partial charge in [-0.05, 0) is 28.8 Å². The van der Waals surface area contributed by atoms with Crippen molar-refractivity contribution in [2.24, 2.45) is 7.05 Å². The first-order valence-electron chi connectivity index (χ1n) is 3.41. The third-order valence-electron chi connectivity index (χ3n) is 1.95. The molecule has 4 nitrogen and oxygen atoms in total. The molecule has 0 saturated heterocycles. The Bertz CT molecular complexity index is 273. The van der Waals surface area contributed by atoms with E-state index in [1.54, 1.807) is 11.7 Å². The largest absolute Gasteiger partial charge is 0.383 e. The summed E-state index contributed by atoms with van der Waals surface area (Å²) in [6, 6.07) is 0. The van der Waals surface area contributed by atoms with E-state index >= 15 is 0 Å². The van der Waals surface area contributed by atoms with Crippen molar-refractivity contribution < 1.29 is 5.11 Å². The van der Waals surface area contributed by atoms with Crippen LogP contribution in [0.25, 0.3) is 0 Å². The third-order valence-corrected chi connectivity index (χ3v) is 2.48. The zero-order chi connectivity index (χ0) is 8.06. The van der Waals surface area contributed by atoms with Gasteiger partial charge in [0.1, 0.15) is 11.3 Å². The van der Waals surface area contributed by atoms with Crippen molar-refractivity contribution in [3.63, 3.8) is 0 Å². The lowest BCUT2D eigenvalue weighted by Gasteiger charge is -2.06. The van der Waals surface area contributed by atoms with Crippen molar-refractivity contribution in [1.29, 1.82) is 0 Å². The van der Waals surface area contributed by atoms with Gasteiger partial charge in [0.25, 0.3) is 0 Å². The first-order valence-corrected chi connectivity index (χ1v) is 4.21. The quantitative estimate of drug-likeness (QED) is 0.749. The second-order valence-electron chi connectivity index (χ2n) is 2.88. The minimum atomic E-state index is -0.656. The summed E-state index contributed by atoms with van der Waals surface area (Å²) in [4.78, 5) is 0. The smallest absolute Gasteiger partial charge is 0.154 e. The Morgan fingerprint density at radius 3 is 2.64 bits per heavy atom. The van der Waals surface area contributed by atoms with E-state index in [2.05, 4.69) is 26.2 Å². The summed E-state index contributed by atoms with van der Waals surface area (Å²) in [5.41, 5.74) is 0.134. The number of nitrogens with zero attached hydrogens (tertiary/aromatic N) is 3. The summed E-state index contributed by atoms with van der Waals surface area (Å²) in [6.45, 7) is 0. The molecule has 60 valence electrons. The molecule has 0 amide bonds. The highest BCUT2D eigenvalue weighted by Crippen LogP contribution is 2.46. The number of rotatable bonds is 1. The lowest BCUT2D eigenvalue weighted by atomic mass is 10.2. The predicted octanol–water partition coefficient (Wildman–Crippen LogP) is 0.559. The normalized spacial score (nSPS) is 20.3. The fraction of sp³-hybridized carbons (Fsp3) is 0.667. The van der Waals surface area contributed by atoms with Gasteiger partial charge in [0.2, 0.25) is 0 Å². The first kappa shape index (κ1) is 7.24. The van der Waals surface area contributed by atoms with Gasteiger partial charge in [-0.2, -0.15) is 0 Å². The van der Waals surface area contributed by atoms with E-state index in [1.165, 1.54) is 0 Å². The van der Waals surface area contributed by atoms with Gasteiger partial charge in [-0.25, -0.2) is 4.68 Å². The SMILES string of the molecule is Cn1nnc(Br)c1C1(O)CC1. The zero-order valence-electron chi connectivity index (χ0n) is 6.08. The molecule has 1 aromatic rings. The van der Waals surface area contributed by atoms with E-state index < -0.39 is 5.60 Å². The molecule has 1 fully saturated rings. The number of hydrogen-bond acceptors (Lipinski definition) is 3. The molecule has 0 aromatic carbocycles. The standard InChI is InChI=1S/C6H8BrN3O/c1-10-4(5(7)8-9-10)6(11)2-3-6/h11H,2-3H2,1H3. The Hall–Kier alpha value is -0.420. The molecule has 0 atom stereocenters. The lowest BCUT2D eigenvalue weighted by Crippen LogP contribution is -2.11. The van der Waals surface area contributed by atoms with Gasteiger partial charge in [0, 0.05) is 7.05 Å². The first-order chi connectivity index (χ1) is 5.13. The molecule has 1 heterocycles. The number of aromatic nitrogens is 3. The van der Waals surface area contributed by atoms with Gasteiger partial charge in [-0.1, -0.05) is 5.21 Å². The van der Waals surface area contributed by atoms with Crippen LogP contribution in [-0.4, -0.2) is 20.1 Å². The molecule has 1 aliphatic carbocycles. The molecule has 5 heteroatoms. The fourth-order valence-electron chi connectivity index (χ4n) is 1.18. The molecule has 2 rings (SSSR count). The van der Waals surface area contributed by atoms with E-state index in [-0.39, 0.29) is 0 Å². The Morgan fingerprint density at radius 1 is 1.64 bits per heavy atom. The van der Waals surface area contributed by atoms with E-state index in [0.717, 1.165) is 18.5 Å². The second-order valence-corrected chi connectivity index (χ2v) is 3.64. The van der Waals surface area contributed by atoms with Crippen LogP contribution in [0, 0.1) is 0 Å². The molecule has 1 saturated carbocycles. The van der Waals surface area contributed by atoms with Crippen LogP contribution in [0.1, 0.15) is 18.5 Å². The maximum atomic E-state index is 9.72. The maximum absolute atomic E-state index is 9.72. The topological polar surface area (TPSA) is 50.9 Å². The number of aryl methyl sites for hydroxylation is 1. The van der Waals surface area contributed by atoms with Crippen molar-refractivity contribution in [3.8, 4) is 0 Å².